The third-order valence-corrected chi connectivity index (χ3v) is 17.4. The van der Waals surface area contributed by atoms with Crippen molar-refractivity contribution in [3.05, 3.63) is 116 Å². The zero-order valence-electron chi connectivity index (χ0n) is 32.3. The average molecular weight is 970 g/mol. The number of hydrogen-bond donors (Lipinski definition) is 0. The van der Waals surface area contributed by atoms with Gasteiger partial charge in [-0.25, -0.2) is 0 Å². The quantitative estimate of drug-likeness (QED) is 0.0929. The summed E-state index contributed by atoms with van der Waals surface area (Å²) in [6, 6.07) is 9.78. The molecule has 7 rings (SSSR count). The minimum Gasteiger partial charge on any atom is -1.00 e. The number of alkyl halides is 12. The first-order chi connectivity index (χ1) is 25.9. The van der Waals surface area contributed by atoms with E-state index in [1.54, 1.807) is 19.1 Å². The second-order valence-corrected chi connectivity index (χ2v) is 19.6. The standard InChI is InChI=1S/C43H35F12Si.2ClH.Zr/c1-7-23-17-31-30(24-13-26(40(44,45)46)18-27(14-24)41(47,48)49)10-20(4)11-32(31)35(23)34-22(6)39-36(37-33(34)12-21(5)38(37)56(39,8-2)9-3)25-15-28(42(50,51)52)19-29(16-25)43(53,54)55;;;/h10-19,35H,7-9H2,1-6H3;2*1H;/q-1;;;+3/p-2. The van der Waals surface area contributed by atoms with Crippen LogP contribution in [0.5, 0.6) is 0 Å². The van der Waals surface area contributed by atoms with Crippen LogP contribution in [0.15, 0.2) is 60.2 Å². The molecule has 0 amide bonds. The number of aryl methyl sites for hydroxylation is 2. The topological polar surface area (TPSA) is 0 Å². The Morgan fingerprint density at radius 1 is 0.610 bits per heavy atom. The van der Waals surface area contributed by atoms with Crippen molar-refractivity contribution in [1.29, 1.82) is 0 Å². The molecule has 313 valence electrons. The van der Waals surface area contributed by atoms with E-state index in [0.717, 1.165) is 44.8 Å². The van der Waals surface area contributed by atoms with Gasteiger partial charge in [0.05, 0.1) is 30.3 Å². The Hall–Kier alpha value is -2.93. The first-order valence-electron chi connectivity index (χ1n) is 18.1. The Balaban J connectivity index is 0.00000256. The zero-order chi connectivity index (χ0) is 41.2. The van der Waals surface area contributed by atoms with E-state index in [0.29, 0.717) is 63.7 Å². The van der Waals surface area contributed by atoms with Gasteiger partial charge in [-0.15, -0.1) is 33.2 Å². The van der Waals surface area contributed by atoms with E-state index in [2.05, 4.69) is 0 Å². The number of halogens is 14. The predicted molar refractivity (Wildman–Crippen MR) is 197 cm³/mol. The molecule has 2 aliphatic rings. The third kappa shape index (κ3) is 7.79. The van der Waals surface area contributed by atoms with Gasteiger partial charge in [0.15, 0.2) is 0 Å². The van der Waals surface area contributed by atoms with E-state index in [4.69, 9.17) is 0 Å². The Morgan fingerprint density at radius 2 is 1.07 bits per heavy atom. The summed E-state index contributed by atoms with van der Waals surface area (Å²) in [6.07, 6.45) is -18.0. The van der Waals surface area contributed by atoms with Crippen LogP contribution in [0.25, 0.3) is 39.1 Å². The molecule has 1 aliphatic carbocycles. The Bertz CT molecular complexity index is 2420. The fourth-order valence-electron chi connectivity index (χ4n) is 9.56. The molecule has 16 heteroatoms. The predicted octanol–water partition coefficient (Wildman–Crippen LogP) is 7.75. The first-order valence-corrected chi connectivity index (χ1v) is 20.5. The van der Waals surface area contributed by atoms with Crippen LogP contribution in [0.4, 0.5) is 52.7 Å². The molecule has 0 N–H and O–H groups in total. The fraction of sp³-hybridized carbons (Fsp3) is 0.326. The third-order valence-electron chi connectivity index (χ3n) is 11.8. The molecule has 5 aromatic carbocycles. The summed E-state index contributed by atoms with van der Waals surface area (Å²) in [7, 11) is -2.82. The van der Waals surface area contributed by atoms with E-state index in [1.807, 2.05) is 46.8 Å². The van der Waals surface area contributed by atoms with Gasteiger partial charge in [0.2, 0.25) is 0 Å². The number of allylic oxidation sites excluding steroid dienone is 1. The van der Waals surface area contributed by atoms with Gasteiger partial charge in [-0.3, -0.25) is 0 Å². The summed E-state index contributed by atoms with van der Waals surface area (Å²) in [5.41, 5.74) is -0.734. The summed E-state index contributed by atoms with van der Waals surface area (Å²) >= 11 is 0. The summed E-state index contributed by atoms with van der Waals surface area (Å²) in [5, 5.41) is 3.01. The molecule has 1 unspecified atom stereocenters. The molecule has 0 spiro atoms. The maximum absolute atomic E-state index is 14.2. The van der Waals surface area contributed by atoms with Crippen LogP contribution in [0, 0.1) is 20.8 Å². The molecule has 59 heavy (non-hydrogen) atoms. The van der Waals surface area contributed by atoms with E-state index in [1.165, 1.54) is 0 Å². The molecule has 2 bridgehead atoms. The van der Waals surface area contributed by atoms with Crippen LogP contribution in [0.3, 0.4) is 0 Å². The van der Waals surface area contributed by atoms with Gasteiger partial charge in [0, 0.05) is 0 Å². The summed E-state index contributed by atoms with van der Waals surface area (Å²) < 4.78 is 169. The van der Waals surface area contributed by atoms with Gasteiger partial charge in [-0.05, 0) is 90.4 Å². The number of rotatable bonds is 6. The normalized spacial score (nSPS) is 15.8. The van der Waals surface area contributed by atoms with Crippen LogP contribution < -0.4 is 35.2 Å². The minimum atomic E-state index is -5.06. The average Bonchev–Trinajstić information content (AvgIpc) is 3.72. The van der Waals surface area contributed by atoms with Gasteiger partial charge in [0.25, 0.3) is 0 Å². The molecule has 1 heterocycles. The molecular weight excluding hydrogens is 935 g/mol. The van der Waals surface area contributed by atoms with Gasteiger partial charge >= 0.3 is 50.9 Å². The minimum absolute atomic E-state index is 0. The maximum atomic E-state index is 14.2. The second kappa shape index (κ2) is 16.1. The Labute approximate surface area is 365 Å². The largest absolute Gasteiger partial charge is 3.00 e. The van der Waals surface area contributed by atoms with Gasteiger partial charge in [-0.2, -0.15) is 52.7 Å². The Kier molecular flexibility index (Phi) is 13.3. The van der Waals surface area contributed by atoms with Gasteiger partial charge in [0.1, 0.15) is 0 Å². The summed E-state index contributed by atoms with van der Waals surface area (Å²) in [6.45, 7) is 11.3. The second-order valence-electron chi connectivity index (χ2n) is 15.0. The number of fused-ring (bicyclic) bond motifs is 2. The monoisotopic (exact) mass is 967 g/mol. The van der Waals surface area contributed by atoms with Crippen molar-refractivity contribution in [1.82, 2.24) is 0 Å². The van der Waals surface area contributed by atoms with E-state index >= 15 is 0 Å². The molecule has 0 saturated carbocycles. The van der Waals surface area contributed by atoms with Gasteiger partial charge in [-0.1, -0.05) is 85.4 Å². The first kappa shape index (κ1) is 48.7. The van der Waals surface area contributed by atoms with E-state index in [9.17, 15) is 52.7 Å². The fourth-order valence-corrected chi connectivity index (χ4v) is 14.9. The summed E-state index contributed by atoms with van der Waals surface area (Å²) in [5.74, 6) is -0.544. The molecule has 1 atom stereocenters. The maximum Gasteiger partial charge on any atom is 3.00 e. The SMILES string of the molecule is CCC1=Cc2c(-c3cc(C(F)(F)F)cc(C(F)(F)F)c3)cc(C)cc2C1c1c(C)c2c(-c3cc(C(F)(F)F)cc(C(F)(F)F)c3)c3c(c(C)[cH-]c13)[Si]2(CC)CC.[Cl-].[Cl-].[Zr+3]. The molecule has 1 radical (unpaired) electrons. The van der Waals surface area contributed by atoms with Crippen molar-refractivity contribution in [2.24, 2.45) is 0 Å². The smallest absolute Gasteiger partial charge is 1.00 e. The number of benzene rings is 4. The van der Waals surface area contributed by atoms with Crippen LogP contribution in [-0.2, 0) is 50.9 Å². The van der Waals surface area contributed by atoms with Crippen molar-refractivity contribution in [3.8, 4) is 22.3 Å². The Morgan fingerprint density at radius 3 is 1.49 bits per heavy atom. The van der Waals surface area contributed by atoms with Crippen molar-refractivity contribution < 1.29 is 104 Å². The van der Waals surface area contributed by atoms with Crippen molar-refractivity contribution in [2.45, 2.75) is 90.7 Å². The van der Waals surface area contributed by atoms with Crippen molar-refractivity contribution >= 4 is 35.3 Å². The molecule has 0 saturated heterocycles. The summed E-state index contributed by atoms with van der Waals surface area (Å²) in [4.78, 5) is 0. The van der Waals surface area contributed by atoms with Crippen LogP contribution >= 0.6 is 0 Å². The molecule has 0 aromatic heterocycles. The van der Waals surface area contributed by atoms with Crippen LogP contribution in [0.2, 0.25) is 12.1 Å². The molecular formula is C43H35Cl2F12SiZr. The van der Waals surface area contributed by atoms with Crippen LogP contribution in [0.1, 0.15) is 88.7 Å². The van der Waals surface area contributed by atoms with Crippen LogP contribution in [-0.4, -0.2) is 8.07 Å². The van der Waals surface area contributed by atoms with Crippen molar-refractivity contribution in [2.75, 3.05) is 0 Å². The van der Waals surface area contributed by atoms with E-state index in [-0.39, 0.29) is 79.8 Å². The van der Waals surface area contributed by atoms with E-state index < -0.39 is 61.0 Å². The zero-order valence-corrected chi connectivity index (χ0v) is 37.2. The van der Waals surface area contributed by atoms with Gasteiger partial charge < -0.3 is 24.8 Å². The molecule has 0 nitrogen and oxygen atoms in total. The molecule has 0 fully saturated rings. The molecule has 5 aromatic rings. The number of hydrogen-bond acceptors (Lipinski definition) is 0. The molecule has 1 aliphatic heterocycles. The van der Waals surface area contributed by atoms with Crippen molar-refractivity contribution in [3.63, 3.8) is 0 Å².